The number of rotatable bonds is 3. The number of hydrogen-bond donors (Lipinski definition) is 1. The lowest BCUT2D eigenvalue weighted by Gasteiger charge is -2.37. The Morgan fingerprint density at radius 3 is 2.92 bits per heavy atom. The highest BCUT2D eigenvalue weighted by atomic mass is 32.2. The molecule has 2 aliphatic heterocycles. The number of carbonyl (C=O) groups excluding carboxylic acids is 1. The van der Waals surface area contributed by atoms with Crippen LogP contribution < -0.4 is 10.1 Å². The van der Waals surface area contributed by atoms with E-state index < -0.39 is 9.84 Å². The van der Waals surface area contributed by atoms with Gasteiger partial charge < -0.3 is 15.0 Å². The van der Waals surface area contributed by atoms with Gasteiger partial charge in [-0.1, -0.05) is 12.1 Å². The number of carbonyl (C=O) groups is 1. The summed E-state index contributed by atoms with van der Waals surface area (Å²) in [5.74, 6) is 0.553. The van der Waals surface area contributed by atoms with Crippen molar-refractivity contribution >= 4 is 15.7 Å². The number of fused-ring (bicyclic) bond motifs is 1. The first-order valence-electron chi connectivity index (χ1n) is 8.41. The first-order valence-corrected chi connectivity index (χ1v) is 10.2. The molecule has 1 aromatic heterocycles. The highest BCUT2D eigenvalue weighted by Crippen LogP contribution is 2.25. The van der Waals surface area contributed by atoms with Crippen LogP contribution in [-0.4, -0.2) is 72.8 Å². The van der Waals surface area contributed by atoms with Crippen molar-refractivity contribution in [3.8, 4) is 11.4 Å². The molecule has 4 rings (SSSR count). The zero-order valence-corrected chi connectivity index (χ0v) is 15.1. The third-order valence-electron chi connectivity index (χ3n) is 4.90. The van der Waals surface area contributed by atoms with Crippen LogP contribution in [0.1, 0.15) is 10.4 Å². The molecule has 2 unspecified atom stereocenters. The first kappa shape index (κ1) is 17.0. The lowest BCUT2D eigenvalue weighted by atomic mass is 10.1. The lowest BCUT2D eigenvalue weighted by molar-refractivity contribution is 0.0621. The summed E-state index contributed by atoms with van der Waals surface area (Å²) in [6.07, 6.45) is 3.16. The van der Waals surface area contributed by atoms with Gasteiger partial charge in [0.1, 0.15) is 11.4 Å². The fourth-order valence-corrected chi connectivity index (χ4v) is 5.63. The van der Waals surface area contributed by atoms with Crippen LogP contribution in [0, 0.1) is 0 Å². The van der Waals surface area contributed by atoms with Gasteiger partial charge in [-0.05, 0) is 12.1 Å². The summed E-state index contributed by atoms with van der Waals surface area (Å²) in [4.78, 5) is 14.6. The minimum absolute atomic E-state index is 0.0110. The van der Waals surface area contributed by atoms with Crippen LogP contribution >= 0.6 is 0 Å². The smallest absolute Gasteiger partial charge is 0.257 e. The van der Waals surface area contributed by atoms with Crippen molar-refractivity contribution in [3.63, 3.8) is 0 Å². The highest BCUT2D eigenvalue weighted by Gasteiger charge is 2.44. The van der Waals surface area contributed by atoms with Crippen molar-refractivity contribution in [2.45, 2.75) is 12.1 Å². The Kier molecular flexibility index (Phi) is 4.20. The van der Waals surface area contributed by atoms with Gasteiger partial charge in [-0.3, -0.25) is 4.79 Å². The van der Waals surface area contributed by atoms with E-state index in [-0.39, 0.29) is 29.5 Å². The predicted octanol–water partition coefficient (Wildman–Crippen LogP) is 0.0919. The standard InChI is InChI=1S/C17H20N4O4S/c1-25-16-5-3-2-4-14(16)21-9-12(8-19-21)17(22)20-7-6-18-13-10-26(23,24)11-15(13)20/h2-5,8-9,13,15,18H,6-7,10-11H2,1H3. The molecule has 138 valence electrons. The van der Waals surface area contributed by atoms with Crippen LogP contribution in [0.25, 0.3) is 5.69 Å². The van der Waals surface area contributed by atoms with Crippen molar-refractivity contribution in [2.24, 2.45) is 0 Å². The quantitative estimate of drug-likeness (QED) is 0.816. The van der Waals surface area contributed by atoms with E-state index in [0.717, 1.165) is 5.69 Å². The second-order valence-electron chi connectivity index (χ2n) is 6.55. The summed E-state index contributed by atoms with van der Waals surface area (Å²) < 4.78 is 30.8. The van der Waals surface area contributed by atoms with E-state index in [2.05, 4.69) is 10.4 Å². The maximum absolute atomic E-state index is 13.0. The average Bonchev–Trinajstić information content (AvgIpc) is 3.23. The minimum Gasteiger partial charge on any atom is -0.494 e. The molecule has 1 N–H and O–H groups in total. The van der Waals surface area contributed by atoms with E-state index in [4.69, 9.17) is 4.74 Å². The van der Waals surface area contributed by atoms with Gasteiger partial charge in [-0.25, -0.2) is 13.1 Å². The molecular weight excluding hydrogens is 356 g/mol. The van der Waals surface area contributed by atoms with Gasteiger partial charge in [-0.15, -0.1) is 0 Å². The number of nitrogens with one attached hydrogen (secondary N) is 1. The van der Waals surface area contributed by atoms with Crippen LogP contribution in [0.4, 0.5) is 0 Å². The van der Waals surface area contributed by atoms with Gasteiger partial charge in [0.05, 0.1) is 36.4 Å². The average molecular weight is 376 g/mol. The number of ether oxygens (including phenoxy) is 1. The van der Waals surface area contributed by atoms with Crippen LogP contribution in [0.3, 0.4) is 0 Å². The van der Waals surface area contributed by atoms with E-state index in [1.165, 1.54) is 6.20 Å². The fourth-order valence-electron chi connectivity index (χ4n) is 3.67. The molecule has 0 saturated carbocycles. The summed E-state index contributed by atoms with van der Waals surface area (Å²) in [5, 5.41) is 7.49. The van der Waals surface area contributed by atoms with Gasteiger partial charge >= 0.3 is 0 Å². The van der Waals surface area contributed by atoms with Crippen molar-refractivity contribution in [1.29, 1.82) is 0 Å². The molecule has 3 heterocycles. The molecule has 0 aliphatic carbocycles. The Morgan fingerprint density at radius 1 is 1.31 bits per heavy atom. The summed E-state index contributed by atoms with van der Waals surface area (Å²) in [6, 6.07) is 6.88. The van der Waals surface area contributed by atoms with Crippen molar-refractivity contribution in [1.82, 2.24) is 20.0 Å². The van der Waals surface area contributed by atoms with E-state index >= 15 is 0 Å². The molecule has 2 atom stereocenters. The molecule has 0 bridgehead atoms. The molecular formula is C17H20N4O4S. The van der Waals surface area contributed by atoms with E-state index in [9.17, 15) is 13.2 Å². The Labute approximate surface area is 151 Å². The first-order chi connectivity index (χ1) is 12.5. The number of para-hydroxylation sites is 2. The summed E-state index contributed by atoms with van der Waals surface area (Å²) in [7, 11) is -1.54. The zero-order chi connectivity index (χ0) is 18.3. The molecule has 1 aromatic carbocycles. The molecule has 0 spiro atoms. The minimum atomic E-state index is -3.12. The SMILES string of the molecule is COc1ccccc1-n1cc(C(=O)N2CCNC3CS(=O)(=O)CC32)cn1. The largest absolute Gasteiger partial charge is 0.494 e. The van der Waals surface area contributed by atoms with Crippen molar-refractivity contribution in [3.05, 3.63) is 42.2 Å². The van der Waals surface area contributed by atoms with Crippen LogP contribution in [0.2, 0.25) is 0 Å². The number of sulfone groups is 1. The molecule has 2 aliphatic rings. The molecule has 8 nitrogen and oxygen atoms in total. The molecule has 1 amide bonds. The Hall–Kier alpha value is -2.39. The molecule has 2 fully saturated rings. The lowest BCUT2D eigenvalue weighted by Crippen LogP contribution is -2.59. The summed E-state index contributed by atoms with van der Waals surface area (Å²) in [6.45, 7) is 1.07. The van der Waals surface area contributed by atoms with Crippen molar-refractivity contribution in [2.75, 3.05) is 31.7 Å². The normalized spacial score (nSPS) is 24.3. The predicted molar refractivity (Wildman–Crippen MR) is 95.4 cm³/mol. The fraction of sp³-hybridized carbons (Fsp3) is 0.412. The van der Waals surface area contributed by atoms with Gasteiger partial charge in [0.15, 0.2) is 9.84 Å². The maximum Gasteiger partial charge on any atom is 0.257 e. The third-order valence-corrected chi connectivity index (χ3v) is 6.62. The van der Waals surface area contributed by atoms with Crippen LogP contribution in [0.5, 0.6) is 5.75 Å². The maximum atomic E-state index is 13.0. The van der Waals surface area contributed by atoms with Gasteiger partial charge in [0.25, 0.3) is 5.91 Å². The molecule has 2 aromatic rings. The van der Waals surface area contributed by atoms with E-state index in [1.807, 2.05) is 24.3 Å². The second-order valence-corrected chi connectivity index (χ2v) is 8.70. The Balaban J connectivity index is 1.60. The highest BCUT2D eigenvalue weighted by molar-refractivity contribution is 7.91. The summed E-state index contributed by atoms with van der Waals surface area (Å²) >= 11 is 0. The number of nitrogens with zero attached hydrogens (tertiary/aromatic N) is 3. The van der Waals surface area contributed by atoms with E-state index in [0.29, 0.717) is 24.4 Å². The third kappa shape index (κ3) is 2.97. The second kappa shape index (κ2) is 6.40. The van der Waals surface area contributed by atoms with Crippen LogP contribution in [0.15, 0.2) is 36.7 Å². The van der Waals surface area contributed by atoms with Gasteiger partial charge in [-0.2, -0.15) is 5.10 Å². The number of aromatic nitrogens is 2. The molecule has 0 radical (unpaired) electrons. The number of methoxy groups -OCH3 is 1. The summed E-state index contributed by atoms with van der Waals surface area (Å²) in [5.41, 5.74) is 1.16. The molecule has 26 heavy (non-hydrogen) atoms. The van der Waals surface area contributed by atoms with E-state index in [1.54, 1.807) is 22.9 Å². The topological polar surface area (TPSA) is 93.5 Å². The number of piperazine rings is 1. The number of hydrogen-bond acceptors (Lipinski definition) is 6. The molecule has 2 saturated heterocycles. The number of benzene rings is 1. The van der Waals surface area contributed by atoms with Gasteiger partial charge in [0.2, 0.25) is 0 Å². The molecule has 9 heteroatoms. The van der Waals surface area contributed by atoms with Crippen molar-refractivity contribution < 1.29 is 17.9 Å². The van der Waals surface area contributed by atoms with Crippen LogP contribution in [-0.2, 0) is 9.84 Å². The number of amides is 1. The monoisotopic (exact) mass is 376 g/mol. The zero-order valence-electron chi connectivity index (χ0n) is 14.3. The Bertz CT molecular complexity index is 940. The Morgan fingerprint density at radius 2 is 2.12 bits per heavy atom. The van der Waals surface area contributed by atoms with Gasteiger partial charge in [0, 0.05) is 25.3 Å².